The van der Waals surface area contributed by atoms with Gasteiger partial charge in [0.25, 0.3) is 5.91 Å². The predicted octanol–water partition coefficient (Wildman–Crippen LogP) is 3.11. The zero-order chi connectivity index (χ0) is 14.2. The maximum Gasteiger partial charge on any atom is 0.253 e. The van der Waals surface area contributed by atoms with Crippen molar-refractivity contribution in [3.63, 3.8) is 0 Å². The number of hydrogen-bond donors (Lipinski definition) is 1. The Kier molecular flexibility index (Phi) is 3.74. The Hall–Kier alpha value is -1.06. The number of piperidine rings is 1. The summed E-state index contributed by atoms with van der Waals surface area (Å²) in [7, 11) is 0. The van der Waals surface area contributed by atoms with Gasteiger partial charge in [-0.1, -0.05) is 24.4 Å². The lowest BCUT2D eigenvalue weighted by Gasteiger charge is -2.47. The molecule has 0 radical (unpaired) electrons. The van der Waals surface area contributed by atoms with E-state index >= 15 is 0 Å². The molecular formula is C16H20ClNO2. The summed E-state index contributed by atoms with van der Waals surface area (Å²) >= 11 is 5.85. The van der Waals surface area contributed by atoms with Crippen molar-refractivity contribution < 1.29 is 9.90 Å². The van der Waals surface area contributed by atoms with Crippen LogP contribution in [0.5, 0.6) is 0 Å². The molecule has 3 rings (SSSR count). The molecule has 1 amide bonds. The maximum absolute atomic E-state index is 12.5. The van der Waals surface area contributed by atoms with Crippen LogP contribution in [0.15, 0.2) is 24.3 Å². The summed E-state index contributed by atoms with van der Waals surface area (Å²) in [5.41, 5.74) is 0.144. The van der Waals surface area contributed by atoms with Crippen molar-refractivity contribution in [2.75, 3.05) is 13.1 Å². The number of carbonyl (C=O) groups excluding carboxylic acids is 1. The highest BCUT2D eigenvalue weighted by molar-refractivity contribution is 6.30. The summed E-state index contributed by atoms with van der Waals surface area (Å²) in [4.78, 5) is 14.4. The summed E-state index contributed by atoms with van der Waals surface area (Å²) in [6.07, 6.45) is 4.90. The molecule has 1 saturated heterocycles. The molecule has 1 aliphatic heterocycles. The van der Waals surface area contributed by atoms with Crippen LogP contribution < -0.4 is 0 Å². The van der Waals surface area contributed by atoms with E-state index in [0.717, 1.165) is 25.7 Å². The van der Waals surface area contributed by atoms with Crippen LogP contribution in [0.25, 0.3) is 0 Å². The first-order chi connectivity index (χ1) is 9.58. The first-order valence-electron chi connectivity index (χ1n) is 7.36. The van der Waals surface area contributed by atoms with Gasteiger partial charge in [-0.05, 0) is 43.5 Å². The number of likely N-dealkylation sites (tertiary alicyclic amines) is 1. The minimum Gasteiger partial charge on any atom is -0.389 e. The van der Waals surface area contributed by atoms with Crippen LogP contribution in [0.4, 0.5) is 0 Å². The fraction of sp³-hybridized carbons (Fsp3) is 0.562. The summed E-state index contributed by atoms with van der Waals surface area (Å²) in [5.74, 6) is 0.288. The molecule has 2 aliphatic rings. The van der Waals surface area contributed by atoms with E-state index in [-0.39, 0.29) is 11.8 Å². The third-order valence-corrected chi connectivity index (χ3v) is 5.06. The summed E-state index contributed by atoms with van der Waals surface area (Å²) in [5, 5.41) is 11.3. The van der Waals surface area contributed by atoms with E-state index in [0.29, 0.717) is 30.1 Å². The zero-order valence-electron chi connectivity index (χ0n) is 11.5. The number of amides is 1. The number of fused-ring (bicyclic) bond motifs is 1. The van der Waals surface area contributed by atoms with Gasteiger partial charge in [0, 0.05) is 29.6 Å². The molecule has 2 atom stereocenters. The third-order valence-electron chi connectivity index (χ3n) is 4.81. The van der Waals surface area contributed by atoms with Crippen LogP contribution in [0.1, 0.15) is 42.5 Å². The maximum atomic E-state index is 12.5. The van der Waals surface area contributed by atoms with Crippen molar-refractivity contribution in [1.29, 1.82) is 0 Å². The van der Waals surface area contributed by atoms with Gasteiger partial charge in [0.05, 0.1) is 5.60 Å². The number of hydrogen-bond acceptors (Lipinski definition) is 2. The fourth-order valence-corrected chi connectivity index (χ4v) is 3.66. The van der Waals surface area contributed by atoms with E-state index < -0.39 is 5.60 Å². The van der Waals surface area contributed by atoms with Crippen LogP contribution in [0, 0.1) is 5.92 Å². The molecule has 1 aromatic carbocycles. The van der Waals surface area contributed by atoms with Crippen LogP contribution in [-0.4, -0.2) is 34.6 Å². The average Bonchev–Trinajstić information content (AvgIpc) is 2.46. The van der Waals surface area contributed by atoms with E-state index in [2.05, 4.69) is 0 Å². The Morgan fingerprint density at radius 3 is 2.75 bits per heavy atom. The molecule has 0 bridgehead atoms. The Morgan fingerprint density at radius 2 is 2.00 bits per heavy atom. The highest BCUT2D eigenvalue weighted by Gasteiger charge is 2.43. The Labute approximate surface area is 124 Å². The molecule has 108 valence electrons. The Morgan fingerprint density at radius 1 is 1.25 bits per heavy atom. The summed E-state index contributed by atoms with van der Waals surface area (Å²) < 4.78 is 0. The van der Waals surface area contributed by atoms with Gasteiger partial charge in [-0.2, -0.15) is 0 Å². The quantitative estimate of drug-likeness (QED) is 0.864. The normalized spacial score (nSPS) is 29.9. The topological polar surface area (TPSA) is 40.5 Å². The molecule has 20 heavy (non-hydrogen) atoms. The molecule has 1 N–H and O–H groups in total. The number of rotatable bonds is 1. The second-order valence-electron chi connectivity index (χ2n) is 6.05. The van der Waals surface area contributed by atoms with Crippen molar-refractivity contribution in [3.05, 3.63) is 34.9 Å². The molecule has 4 heteroatoms. The smallest absolute Gasteiger partial charge is 0.253 e. The number of halogens is 1. The van der Waals surface area contributed by atoms with Crippen LogP contribution in [0.2, 0.25) is 5.02 Å². The Bertz CT molecular complexity index is 502. The van der Waals surface area contributed by atoms with E-state index in [1.54, 1.807) is 24.3 Å². The fourth-order valence-electron chi connectivity index (χ4n) is 3.53. The van der Waals surface area contributed by atoms with Crippen molar-refractivity contribution in [2.24, 2.45) is 5.92 Å². The number of carbonyl (C=O) groups is 1. The zero-order valence-corrected chi connectivity index (χ0v) is 12.3. The van der Waals surface area contributed by atoms with Gasteiger partial charge in [-0.25, -0.2) is 0 Å². The van der Waals surface area contributed by atoms with E-state index in [1.807, 2.05) is 4.90 Å². The molecule has 1 saturated carbocycles. The number of nitrogens with zero attached hydrogens (tertiary/aromatic N) is 1. The highest BCUT2D eigenvalue weighted by atomic mass is 35.5. The van der Waals surface area contributed by atoms with Crippen LogP contribution in [0.3, 0.4) is 0 Å². The van der Waals surface area contributed by atoms with Crippen molar-refractivity contribution >= 4 is 17.5 Å². The molecule has 2 fully saturated rings. The second kappa shape index (κ2) is 5.38. The van der Waals surface area contributed by atoms with Crippen molar-refractivity contribution in [3.8, 4) is 0 Å². The van der Waals surface area contributed by atoms with Gasteiger partial charge in [0.1, 0.15) is 0 Å². The monoisotopic (exact) mass is 293 g/mol. The molecule has 1 aliphatic carbocycles. The van der Waals surface area contributed by atoms with E-state index in [4.69, 9.17) is 11.6 Å². The molecular weight excluding hydrogens is 274 g/mol. The molecule has 0 unspecified atom stereocenters. The van der Waals surface area contributed by atoms with Crippen molar-refractivity contribution in [2.45, 2.75) is 37.7 Å². The number of benzene rings is 1. The summed E-state index contributed by atoms with van der Waals surface area (Å²) in [6.45, 7) is 1.33. The predicted molar refractivity (Wildman–Crippen MR) is 78.9 cm³/mol. The lowest BCUT2D eigenvalue weighted by atomic mass is 9.71. The lowest BCUT2D eigenvalue weighted by Crippen LogP contribution is -2.54. The average molecular weight is 294 g/mol. The SMILES string of the molecule is O=C(c1ccc(Cl)cc1)N1CC[C@]2(O)CCCC[C@@H]2C1. The largest absolute Gasteiger partial charge is 0.389 e. The minimum absolute atomic E-state index is 0.0503. The van der Waals surface area contributed by atoms with E-state index in [1.165, 1.54) is 0 Å². The van der Waals surface area contributed by atoms with Gasteiger partial charge < -0.3 is 10.0 Å². The van der Waals surface area contributed by atoms with Gasteiger partial charge in [-0.15, -0.1) is 0 Å². The highest BCUT2D eigenvalue weighted by Crippen LogP contribution is 2.40. The summed E-state index contributed by atoms with van der Waals surface area (Å²) in [6, 6.07) is 7.03. The van der Waals surface area contributed by atoms with Crippen LogP contribution >= 0.6 is 11.6 Å². The standard InChI is InChI=1S/C16H20ClNO2/c17-14-6-4-12(5-7-14)15(19)18-10-9-16(20)8-2-1-3-13(16)11-18/h4-7,13,20H,1-3,8-11H2/t13-,16-/m1/s1. The Balaban J connectivity index is 1.72. The van der Waals surface area contributed by atoms with Gasteiger partial charge >= 0.3 is 0 Å². The third kappa shape index (κ3) is 2.57. The lowest BCUT2D eigenvalue weighted by molar-refractivity contribution is -0.0886. The first kappa shape index (κ1) is 13.9. The molecule has 0 aromatic heterocycles. The van der Waals surface area contributed by atoms with Gasteiger partial charge in [-0.3, -0.25) is 4.79 Å². The van der Waals surface area contributed by atoms with E-state index in [9.17, 15) is 9.90 Å². The van der Waals surface area contributed by atoms with Gasteiger partial charge in [0.15, 0.2) is 0 Å². The molecule has 1 aromatic rings. The molecule has 0 spiro atoms. The van der Waals surface area contributed by atoms with Crippen molar-refractivity contribution in [1.82, 2.24) is 4.90 Å². The first-order valence-corrected chi connectivity index (χ1v) is 7.73. The number of aliphatic hydroxyl groups is 1. The minimum atomic E-state index is -0.533. The second-order valence-corrected chi connectivity index (χ2v) is 6.49. The van der Waals surface area contributed by atoms with Crippen LogP contribution in [-0.2, 0) is 0 Å². The van der Waals surface area contributed by atoms with Gasteiger partial charge in [0.2, 0.25) is 0 Å². The molecule has 1 heterocycles. The molecule has 3 nitrogen and oxygen atoms in total.